The van der Waals surface area contributed by atoms with E-state index in [2.05, 4.69) is 15.6 Å². The fourth-order valence-electron chi connectivity index (χ4n) is 3.60. The second-order valence-electron chi connectivity index (χ2n) is 7.13. The first-order valence-corrected chi connectivity index (χ1v) is 9.47. The minimum Gasteiger partial charge on any atom is -0.361 e. The molecule has 30 heavy (non-hydrogen) atoms. The largest absolute Gasteiger partial charge is 0.361 e. The highest BCUT2D eigenvalue weighted by molar-refractivity contribution is 6.09. The van der Waals surface area contributed by atoms with Crippen molar-refractivity contribution < 1.29 is 14.4 Å². The van der Waals surface area contributed by atoms with Gasteiger partial charge in [0.1, 0.15) is 12.1 Å². The Balaban J connectivity index is 1.47. The SMILES string of the molecule is C[C@H](C(=O)Nc1cccc(C#N)c1)N1C(=O)N[C@@H](Cc2c[nH]c3ccccc23)C1=O. The topological polar surface area (TPSA) is 118 Å². The predicted octanol–water partition coefficient (Wildman–Crippen LogP) is 2.53. The van der Waals surface area contributed by atoms with E-state index in [1.54, 1.807) is 18.2 Å². The standard InChI is InChI=1S/C22H19N5O3/c1-13(20(28)25-16-6-4-5-14(9-16)11-23)27-21(29)19(26-22(27)30)10-15-12-24-18-8-3-2-7-17(15)18/h2-9,12-13,19,24H,10H2,1H3,(H,25,28)(H,26,30)/t13-,19+/m1/s1. The van der Waals surface area contributed by atoms with E-state index in [1.807, 2.05) is 36.5 Å². The molecule has 0 bridgehead atoms. The highest BCUT2D eigenvalue weighted by Crippen LogP contribution is 2.22. The first kappa shape index (κ1) is 19.2. The molecule has 0 aliphatic carbocycles. The van der Waals surface area contributed by atoms with E-state index in [9.17, 15) is 14.4 Å². The van der Waals surface area contributed by atoms with Crippen molar-refractivity contribution in [2.75, 3.05) is 5.32 Å². The molecule has 0 spiro atoms. The molecule has 2 atom stereocenters. The highest BCUT2D eigenvalue weighted by atomic mass is 16.2. The summed E-state index contributed by atoms with van der Waals surface area (Å²) in [6, 6.07) is 13.8. The van der Waals surface area contributed by atoms with Crippen LogP contribution >= 0.6 is 0 Å². The van der Waals surface area contributed by atoms with Crippen LogP contribution in [0.15, 0.2) is 54.7 Å². The molecule has 8 nitrogen and oxygen atoms in total. The quantitative estimate of drug-likeness (QED) is 0.569. The Hall–Kier alpha value is -4.12. The van der Waals surface area contributed by atoms with Crippen molar-refractivity contribution in [2.45, 2.75) is 25.4 Å². The lowest BCUT2D eigenvalue weighted by molar-refractivity contribution is -0.133. The predicted molar refractivity (Wildman–Crippen MR) is 110 cm³/mol. The maximum atomic E-state index is 12.9. The lowest BCUT2D eigenvalue weighted by atomic mass is 10.0. The number of carbonyl (C=O) groups excluding carboxylic acids is 3. The lowest BCUT2D eigenvalue weighted by Gasteiger charge is -2.21. The average molecular weight is 401 g/mol. The van der Waals surface area contributed by atoms with Gasteiger partial charge < -0.3 is 15.6 Å². The summed E-state index contributed by atoms with van der Waals surface area (Å²) in [5.41, 5.74) is 2.69. The molecule has 0 saturated carbocycles. The van der Waals surface area contributed by atoms with E-state index < -0.39 is 29.9 Å². The van der Waals surface area contributed by atoms with Gasteiger partial charge in [-0.3, -0.25) is 14.5 Å². The highest BCUT2D eigenvalue weighted by Gasteiger charge is 2.43. The van der Waals surface area contributed by atoms with Gasteiger partial charge in [0, 0.05) is 29.2 Å². The summed E-state index contributed by atoms with van der Waals surface area (Å²) < 4.78 is 0. The third-order valence-electron chi connectivity index (χ3n) is 5.18. The molecular formula is C22H19N5O3. The van der Waals surface area contributed by atoms with Crippen LogP contribution in [0.25, 0.3) is 10.9 Å². The van der Waals surface area contributed by atoms with Gasteiger partial charge in [0.25, 0.3) is 5.91 Å². The zero-order valence-electron chi connectivity index (χ0n) is 16.2. The van der Waals surface area contributed by atoms with Crippen LogP contribution in [-0.2, 0) is 16.0 Å². The number of hydrogen-bond donors (Lipinski definition) is 3. The number of benzene rings is 2. The third kappa shape index (κ3) is 3.49. The van der Waals surface area contributed by atoms with Crippen LogP contribution in [0, 0.1) is 11.3 Å². The Bertz CT molecular complexity index is 1190. The minimum atomic E-state index is -1.00. The molecule has 1 aliphatic heterocycles. The molecule has 4 amide bonds. The van der Waals surface area contributed by atoms with Crippen LogP contribution in [0.5, 0.6) is 0 Å². The Morgan fingerprint density at radius 2 is 2.03 bits per heavy atom. The van der Waals surface area contributed by atoms with E-state index >= 15 is 0 Å². The second-order valence-corrected chi connectivity index (χ2v) is 7.13. The smallest absolute Gasteiger partial charge is 0.325 e. The number of anilines is 1. The van der Waals surface area contributed by atoms with Gasteiger partial charge in [-0.1, -0.05) is 24.3 Å². The van der Waals surface area contributed by atoms with Gasteiger partial charge in [-0.05, 0) is 36.8 Å². The zero-order valence-corrected chi connectivity index (χ0v) is 16.2. The number of nitriles is 1. The molecule has 1 fully saturated rings. The number of aromatic nitrogens is 1. The maximum absolute atomic E-state index is 12.9. The Labute approximate surface area is 172 Å². The Morgan fingerprint density at radius 1 is 1.23 bits per heavy atom. The summed E-state index contributed by atoms with van der Waals surface area (Å²) in [6.45, 7) is 1.50. The number of para-hydroxylation sites is 1. The molecule has 3 aromatic rings. The number of hydrogen-bond acceptors (Lipinski definition) is 4. The van der Waals surface area contributed by atoms with Gasteiger partial charge in [0.05, 0.1) is 11.6 Å². The molecule has 4 rings (SSSR count). The van der Waals surface area contributed by atoms with Crippen molar-refractivity contribution in [1.29, 1.82) is 5.26 Å². The van der Waals surface area contributed by atoms with Crippen molar-refractivity contribution in [2.24, 2.45) is 0 Å². The van der Waals surface area contributed by atoms with E-state index in [1.165, 1.54) is 13.0 Å². The number of nitrogens with one attached hydrogen (secondary N) is 3. The van der Waals surface area contributed by atoms with Crippen LogP contribution in [0.1, 0.15) is 18.1 Å². The van der Waals surface area contributed by atoms with Crippen LogP contribution in [-0.4, -0.2) is 39.8 Å². The van der Waals surface area contributed by atoms with Crippen molar-refractivity contribution in [3.8, 4) is 6.07 Å². The molecule has 1 saturated heterocycles. The van der Waals surface area contributed by atoms with E-state index in [-0.39, 0.29) is 0 Å². The number of fused-ring (bicyclic) bond motifs is 1. The molecule has 8 heteroatoms. The van der Waals surface area contributed by atoms with Crippen molar-refractivity contribution in [3.63, 3.8) is 0 Å². The van der Waals surface area contributed by atoms with E-state index in [0.29, 0.717) is 17.7 Å². The number of amides is 4. The zero-order chi connectivity index (χ0) is 21.3. The molecule has 1 aliphatic rings. The summed E-state index contributed by atoms with van der Waals surface area (Å²) in [4.78, 5) is 42.1. The van der Waals surface area contributed by atoms with Gasteiger partial charge >= 0.3 is 6.03 Å². The molecule has 1 aromatic heterocycles. The molecule has 0 radical (unpaired) electrons. The Kier molecular flexibility index (Phi) is 4.94. The molecule has 3 N–H and O–H groups in total. The Morgan fingerprint density at radius 3 is 2.83 bits per heavy atom. The fraction of sp³-hybridized carbons (Fsp3) is 0.182. The average Bonchev–Trinajstić information content (AvgIpc) is 3.28. The van der Waals surface area contributed by atoms with Crippen molar-refractivity contribution in [1.82, 2.24) is 15.2 Å². The van der Waals surface area contributed by atoms with Gasteiger partial charge in [-0.25, -0.2) is 4.79 Å². The number of urea groups is 1. The summed E-state index contributed by atoms with van der Waals surface area (Å²) in [5.74, 6) is -0.958. The number of aromatic amines is 1. The monoisotopic (exact) mass is 401 g/mol. The number of H-pyrrole nitrogens is 1. The number of carbonyl (C=O) groups is 3. The van der Waals surface area contributed by atoms with Gasteiger partial charge in [0.15, 0.2) is 0 Å². The third-order valence-corrected chi connectivity index (χ3v) is 5.18. The number of nitrogens with zero attached hydrogens (tertiary/aromatic N) is 2. The number of rotatable bonds is 5. The first-order valence-electron chi connectivity index (χ1n) is 9.47. The van der Waals surface area contributed by atoms with Crippen LogP contribution < -0.4 is 10.6 Å². The van der Waals surface area contributed by atoms with Gasteiger partial charge in [-0.2, -0.15) is 5.26 Å². The minimum absolute atomic E-state index is 0.323. The normalized spacial score (nSPS) is 16.9. The van der Waals surface area contributed by atoms with Crippen LogP contribution in [0.4, 0.5) is 10.5 Å². The first-order chi connectivity index (χ1) is 14.5. The second kappa shape index (κ2) is 7.72. The van der Waals surface area contributed by atoms with Crippen LogP contribution in [0.3, 0.4) is 0 Å². The molecule has 150 valence electrons. The van der Waals surface area contributed by atoms with E-state index in [0.717, 1.165) is 21.4 Å². The molecular weight excluding hydrogens is 382 g/mol. The van der Waals surface area contributed by atoms with Gasteiger partial charge in [-0.15, -0.1) is 0 Å². The summed E-state index contributed by atoms with van der Waals surface area (Å²) >= 11 is 0. The summed E-state index contributed by atoms with van der Waals surface area (Å²) in [6.07, 6.45) is 2.15. The number of imide groups is 1. The molecule has 2 heterocycles. The van der Waals surface area contributed by atoms with Crippen molar-refractivity contribution in [3.05, 3.63) is 65.9 Å². The van der Waals surface area contributed by atoms with Crippen LogP contribution in [0.2, 0.25) is 0 Å². The van der Waals surface area contributed by atoms with E-state index in [4.69, 9.17) is 5.26 Å². The van der Waals surface area contributed by atoms with Gasteiger partial charge in [0.2, 0.25) is 5.91 Å². The molecule has 2 aromatic carbocycles. The summed E-state index contributed by atoms with van der Waals surface area (Å²) in [7, 11) is 0. The van der Waals surface area contributed by atoms with Crippen molar-refractivity contribution >= 4 is 34.4 Å². The maximum Gasteiger partial charge on any atom is 0.325 e. The summed E-state index contributed by atoms with van der Waals surface area (Å²) in [5, 5.41) is 15.3. The fourth-order valence-corrected chi connectivity index (χ4v) is 3.60. The molecule has 0 unspecified atom stereocenters. The lowest BCUT2D eigenvalue weighted by Crippen LogP contribution is -2.46.